The highest BCUT2D eigenvalue weighted by molar-refractivity contribution is 5.87. The van der Waals surface area contributed by atoms with E-state index in [1.54, 1.807) is 30.7 Å². The molecular formula is C46H66O9. The van der Waals surface area contributed by atoms with E-state index in [9.17, 15) is 24.9 Å². The number of hydrogen-bond acceptors (Lipinski definition) is 9. The molecule has 1 heterocycles. The van der Waals surface area contributed by atoms with Gasteiger partial charge in [-0.25, -0.2) is 4.79 Å². The second-order valence-electron chi connectivity index (χ2n) is 20.2. The maximum absolute atomic E-state index is 12.6. The minimum absolute atomic E-state index is 0.0312. The number of carbonyl (C=O) groups excluding carboxylic acids is 2. The molecule has 13 unspecified atom stereocenters. The number of aromatic hydroxyl groups is 1. The Morgan fingerprint density at radius 3 is 2.16 bits per heavy atom. The number of allylic oxidation sites excluding steroid dienone is 2. The fourth-order valence-electron chi connectivity index (χ4n) is 13.7. The molecule has 4 saturated carbocycles. The number of esters is 2. The molecule has 9 nitrogen and oxygen atoms in total. The zero-order valence-corrected chi connectivity index (χ0v) is 34.4. The van der Waals surface area contributed by atoms with Gasteiger partial charge in [0.05, 0.1) is 12.7 Å². The van der Waals surface area contributed by atoms with E-state index in [4.69, 9.17) is 18.9 Å². The first kappa shape index (κ1) is 40.5. The molecule has 1 saturated heterocycles. The third-order valence-electron chi connectivity index (χ3n) is 16.4. The molecule has 1 aliphatic heterocycles. The van der Waals surface area contributed by atoms with E-state index in [-0.39, 0.29) is 57.6 Å². The van der Waals surface area contributed by atoms with Crippen LogP contribution in [-0.2, 0) is 28.5 Å². The van der Waals surface area contributed by atoms with Gasteiger partial charge in [0.15, 0.2) is 12.4 Å². The molecule has 0 spiro atoms. The second kappa shape index (κ2) is 14.6. The lowest BCUT2D eigenvalue weighted by Crippen LogP contribution is -2.61. The topological polar surface area (TPSA) is 132 Å². The predicted molar refractivity (Wildman–Crippen MR) is 209 cm³/mol. The van der Waals surface area contributed by atoms with Gasteiger partial charge in [0, 0.05) is 18.4 Å². The summed E-state index contributed by atoms with van der Waals surface area (Å²) in [4.78, 5) is 24.6. The van der Waals surface area contributed by atoms with Gasteiger partial charge in [-0.05, 0) is 133 Å². The number of carbonyl (C=O) groups is 2. The van der Waals surface area contributed by atoms with Crippen LogP contribution in [0.2, 0.25) is 0 Å². The number of benzene rings is 1. The van der Waals surface area contributed by atoms with E-state index < -0.39 is 30.6 Å². The molecule has 7 rings (SSSR count). The molecule has 1 aromatic rings. The van der Waals surface area contributed by atoms with Crippen molar-refractivity contribution < 1.29 is 43.9 Å². The van der Waals surface area contributed by atoms with Crippen LogP contribution in [0.15, 0.2) is 42.0 Å². The van der Waals surface area contributed by atoms with Crippen LogP contribution in [0.4, 0.5) is 0 Å². The largest absolute Gasteiger partial charge is 0.508 e. The standard InChI is InChI=1S/C46H66O9/c1-27(47)53-36-20-23-45(7)31-15-17-35-44(6,25-29(31)12-16-33(45)42(36,2)3)22-19-34-43(4,5)37(21-24-46(34,35)8)55-41-40(51)39(50)32(26-52-41)54-38(49)18-11-28-9-13-30(48)14-10-28/h9-14,18,31-37,39-41,48,50-51H,15-17,19-26H2,1-8H3. The van der Waals surface area contributed by atoms with Crippen molar-refractivity contribution in [2.45, 2.75) is 156 Å². The van der Waals surface area contributed by atoms with Gasteiger partial charge in [-0.3, -0.25) is 4.79 Å². The van der Waals surface area contributed by atoms with Crippen molar-refractivity contribution in [3.63, 3.8) is 0 Å². The summed E-state index contributed by atoms with van der Waals surface area (Å²) in [5, 5.41) is 31.7. The van der Waals surface area contributed by atoms with Gasteiger partial charge in [-0.2, -0.15) is 0 Å². The fraction of sp³-hybridized carbons (Fsp3) is 0.739. The van der Waals surface area contributed by atoms with Crippen LogP contribution in [0.25, 0.3) is 6.08 Å². The maximum Gasteiger partial charge on any atom is 0.331 e. The normalized spacial score (nSPS) is 43.4. The summed E-state index contributed by atoms with van der Waals surface area (Å²) >= 11 is 0. The van der Waals surface area contributed by atoms with Crippen LogP contribution >= 0.6 is 0 Å². The van der Waals surface area contributed by atoms with Gasteiger partial charge in [-0.1, -0.05) is 72.2 Å². The third-order valence-corrected chi connectivity index (χ3v) is 16.4. The molecule has 55 heavy (non-hydrogen) atoms. The van der Waals surface area contributed by atoms with Crippen LogP contribution in [0.5, 0.6) is 5.75 Å². The van der Waals surface area contributed by atoms with Gasteiger partial charge in [-0.15, -0.1) is 0 Å². The van der Waals surface area contributed by atoms with E-state index >= 15 is 0 Å². The van der Waals surface area contributed by atoms with Crippen molar-refractivity contribution in [1.29, 1.82) is 0 Å². The summed E-state index contributed by atoms with van der Waals surface area (Å²) in [5.74, 6) is 1.32. The number of ether oxygens (including phenoxy) is 4. The highest BCUT2D eigenvalue weighted by atomic mass is 16.7. The molecule has 6 aliphatic rings. The molecule has 3 N–H and O–H groups in total. The number of rotatable bonds is 6. The Bertz CT molecular complexity index is 1660. The summed E-state index contributed by atoms with van der Waals surface area (Å²) in [6.45, 7) is 18.5. The summed E-state index contributed by atoms with van der Waals surface area (Å²) in [7, 11) is 0. The molecule has 0 amide bonds. The summed E-state index contributed by atoms with van der Waals surface area (Å²) in [6.07, 6.45) is 11.3. The van der Waals surface area contributed by atoms with E-state index in [1.807, 2.05) is 0 Å². The molecule has 13 atom stereocenters. The van der Waals surface area contributed by atoms with Crippen LogP contribution in [0.3, 0.4) is 0 Å². The quantitative estimate of drug-likeness (QED) is 0.114. The predicted octanol–water partition coefficient (Wildman–Crippen LogP) is 8.14. The monoisotopic (exact) mass is 762 g/mol. The lowest BCUT2D eigenvalue weighted by Gasteiger charge is -2.64. The molecule has 0 bridgehead atoms. The van der Waals surface area contributed by atoms with E-state index in [0.717, 1.165) is 38.5 Å². The Morgan fingerprint density at radius 2 is 1.45 bits per heavy atom. The van der Waals surface area contributed by atoms with E-state index in [0.29, 0.717) is 29.2 Å². The van der Waals surface area contributed by atoms with Gasteiger partial charge < -0.3 is 34.3 Å². The van der Waals surface area contributed by atoms with Gasteiger partial charge in [0.25, 0.3) is 0 Å². The number of phenolic OH excluding ortho intramolecular Hbond substituents is 1. The molecule has 0 aromatic heterocycles. The Labute approximate surface area is 328 Å². The van der Waals surface area contributed by atoms with Crippen LogP contribution in [0.1, 0.15) is 125 Å². The van der Waals surface area contributed by atoms with Crippen molar-refractivity contribution >= 4 is 18.0 Å². The number of fused-ring (bicyclic) bond motifs is 6. The third kappa shape index (κ3) is 7.12. The fourth-order valence-corrected chi connectivity index (χ4v) is 13.7. The van der Waals surface area contributed by atoms with Gasteiger partial charge in [0.1, 0.15) is 24.1 Å². The van der Waals surface area contributed by atoms with Crippen molar-refractivity contribution in [3.05, 3.63) is 47.6 Å². The molecule has 5 aliphatic carbocycles. The SMILES string of the molecule is CC(=O)OC1CCC2(C)C3CCC4C(C)(CCC5C(C)(C)C(OC6OCC(OC(=O)C=Cc7ccc(O)cc7)C(O)C6O)CCC45C)CC3=CCC2C1(C)C. The lowest BCUT2D eigenvalue weighted by molar-refractivity contribution is -0.307. The average Bonchev–Trinajstić information content (AvgIpc) is 3.27. The minimum atomic E-state index is -1.37. The molecule has 304 valence electrons. The Morgan fingerprint density at radius 1 is 0.782 bits per heavy atom. The first-order valence-corrected chi connectivity index (χ1v) is 21.0. The Hall–Kier alpha value is -2.72. The summed E-state index contributed by atoms with van der Waals surface area (Å²) < 4.78 is 24.0. The highest BCUT2D eigenvalue weighted by Crippen LogP contribution is 2.70. The van der Waals surface area contributed by atoms with E-state index in [2.05, 4.69) is 54.5 Å². The zero-order valence-electron chi connectivity index (χ0n) is 34.4. The number of hydrogen-bond donors (Lipinski definition) is 3. The van der Waals surface area contributed by atoms with Gasteiger partial charge in [0.2, 0.25) is 0 Å². The molecule has 5 fully saturated rings. The number of aliphatic hydroxyl groups excluding tert-OH is 2. The minimum Gasteiger partial charge on any atom is -0.508 e. The number of aliphatic hydroxyl groups is 2. The van der Waals surface area contributed by atoms with Crippen LogP contribution < -0.4 is 0 Å². The summed E-state index contributed by atoms with van der Waals surface area (Å²) in [5.41, 5.74) is 2.67. The van der Waals surface area contributed by atoms with Crippen molar-refractivity contribution in [2.24, 2.45) is 50.7 Å². The number of phenols is 1. The lowest BCUT2D eigenvalue weighted by atomic mass is 9.42. The highest BCUT2D eigenvalue weighted by Gasteiger charge is 2.64. The average molecular weight is 763 g/mol. The van der Waals surface area contributed by atoms with Crippen molar-refractivity contribution in [2.75, 3.05) is 6.61 Å². The van der Waals surface area contributed by atoms with Crippen molar-refractivity contribution in [3.8, 4) is 5.75 Å². The summed E-state index contributed by atoms with van der Waals surface area (Å²) in [6, 6.07) is 6.38. The second-order valence-corrected chi connectivity index (χ2v) is 20.2. The van der Waals surface area contributed by atoms with Crippen LogP contribution in [0, 0.1) is 50.7 Å². The first-order chi connectivity index (χ1) is 25.8. The van der Waals surface area contributed by atoms with E-state index in [1.165, 1.54) is 43.9 Å². The van der Waals surface area contributed by atoms with Crippen molar-refractivity contribution in [1.82, 2.24) is 0 Å². The first-order valence-electron chi connectivity index (χ1n) is 21.0. The van der Waals surface area contributed by atoms with Crippen LogP contribution in [-0.4, -0.2) is 70.7 Å². The molecule has 9 heteroatoms. The molecule has 0 radical (unpaired) electrons. The maximum atomic E-state index is 12.6. The smallest absolute Gasteiger partial charge is 0.331 e. The molecule has 1 aromatic carbocycles. The molecular weight excluding hydrogens is 696 g/mol. The zero-order chi connectivity index (χ0) is 39.7. The Balaban J connectivity index is 1.01. The Kier molecular flexibility index (Phi) is 10.7. The van der Waals surface area contributed by atoms with Gasteiger partial charge >= 0.3 is 11.9 Å².